The first-order chi connectivity index (χ1) is 7.20. The Hall–Kier alpha value is -1.72. The second-order valence-electron chi connectivity index (χ2n) is 3.92. The lowest BCUT2D eigenvalue weighted by atomic mass is 10.4. The van der Waals surface area contributed by atoms with Crippen LogP contribution in [0.1, 0.15) is 13.3 Å². The highest BCUT2D eigenvalue weighted by Gasteiger charge is 2.28. The van der Waals surface area contributed by atoms with Crippen molar-refractivity contribution in [2.24, 2.45) is 7.05 Å². The van der Waals surface area contributed by atoms with Crippen LogP contribution in [0.3, 0.4) is 0 Å². The average molecular weight is 206 g/mol. The number of aryl methyl sites for hydroxylation is 1. The molecule has 1 aliphatic heterocycles. The second-order valence-corrected chi connectivity index (χ2v) is 3.92. The largest absolute Gasteiger partial charge is 0.347 e. The maximum Gasteiger partial charge on any atom is 0.194 e. The monoisotopic (exact) mass is 206 g/mol. The number of fused-ring (bicyclic) bond motifs is 2. The summed E-state index contributed by atoms with van der Waals surface area (Å²) in [7, 11) is 3.98. The molecule has 6 nitrogen and oxygen atoms in total. The van der Waals surface area contributed by atoms with Crippen LogP contribution in [0.15, 0.2) is 0 Å². The maximum atomic E-state index is 4.56. The predicted molar refractivity (Wildman–Crippen MR) is 59.0 cm³/mol. The molecule has 1 unspecified atom stereocenters. The molecule has 3 rings (SSSR count). The van der Waals surface area contributed by atoms with Crippen molar-refractivity contribution in [3.63, 3.8) is 0 Å². The van der Waals surface area contributed by atoms with Crippen molar-refractivity contribution in [2.45, 2.75) is 19.5 Å². The van der Waals surface area contributed by atoms with Gasteiger partial charge >= 0.3 is 0 Å². The summed E-state index contributed by atoms with van der Waals surface area (Å²) >= 11 is 0. The van der Waals surface area contributed by atoms with Gasteiger partial charge in [0.25, 0.3) is 0 Å². The van der Waals surface area contributed by atoms with Crippen LogP contribution in [0, 0.1) is 0 Å². The molecule has 0 spiro atoms. The van der Waals surface area contributed by atoms with Crippen molar-refractivity contribution in [1.82, 2.24) is 19.7 Å². The van der Waals surface area contributed by atoms with Gasteiger partial charge in [0.2, 0.25) is 0 Å². The zero-order valence-corrected chi connectivity index (χ0v) is 9.07. The van der Waals surface area contributed by atoms with Crippen molar-refractivity contribution in [3.8, 4) is 0 Å². The molecule has 6 heteroatoms. The van der Waals surface area contributed by atoms with E-state index in [1.54, 1.807) is 0 Å². The lowest BCUT2D eigenvalue weighted by molar-refractivity contribution is 0.697. The third-order valence-corrected chi connectivity index (χ3v) is 2.94. The molecule has 0 radical (unpaired) electrons. The molecule has 1 aliphatic rings. The van der Waals surface area contributed by atoms with Gasteiger partial charge in [-0.25, -0.2) is 9.97 Å². The average Bonchev–Trinajstić information content (AvgIpc) is 2.53. The van der Waals surface area contributed by atoms with Gasteiger partial charge in [0.15, 0.2) is 22.9 Å². The van der Waals surface area contributed by atoms with Gasteiger partial charge in [0, 0.05) is 14.1 Å². The third kappa shape index (κ3) is 0.986. The quantitative estimate of drug-likeness (QED) is 0.727. The predicted octanol–water partition coefficient (Wildman–Crippen LogP) is 0.894. The Balaban J connectivity index is 2.13. The minimum atomic E-state index is 0.312. The number of aromatic nitrogens is 4. The number of nitrogens with one attached hydrogen (secondary N) is 2. The van der Waals surface area contributed by atoms with Crippen molar-refractivity contribution < 1.29 is 0 Å². The molecule has 3 heterocycles. The third-order valence-electron chi connectivity index (χ3n) is 2.94. The van der Waals surface area contributed by atoms with E-state index in [0.29, 0.717) is 6.17 Å². The minimum Gasteiger partial charge on any atom is -0.347 e. The first kappa shape index (κ1) is 8.58. The fourth-order valence-corrected chi connectivity index (χ4v) is 2.01. The van der Waals surface area contributed by atoms with Gasteiger partial charge in [-0.05, 0) is 6.42 Å². The first-order valence-corrected chi connectivity index (χ1v) is 5.12. The highest BCUT2D eigenvalue weighted by molar-refractivity contribution is 5.79. The lowest BCUT2D eigenvalue weighted by Gasteiger charge is -2.19. The molecule has 0 bridgehead atoms. The van der Waals surface area contributed by atoms with Crippen LogP contribution in [0.5, 0.6) is 0 Å². The summed E-state index contributed by atoms with van der Waals surface area (Å²) in [5.74, 6) is 1.82. The summed E-state index contributed by atoms with van der Waals surface area (Å²) in [6.07, 6.45) is 1.34. The number of H-pyrrole nitrogens is 1. The van der Waals surface area contributed by atoms with E-state index < -0.39 is 0 Å². The van der Waals surface area contributed by atoms with E-state index in [0.717, 1.165) is 29.4 Å². The fourth-order valence-electron chi connectivity index (χ4n) is 2.01. The van der Waals surface area contributed by atoms with Gasteiger partial charge in [-0.1, -0.05) is 6.92 Å². The van der Waals surface area contributed by atoms with Crippen LogP contribution in [-0.4, -0.2) is 33.0 Å². The number of rotatable bonds is 1. The fraction of sp³-hybridized carbons (Fsp3) is 0.556. The van der Waals surface area contributed by atoms with E-state index in [-0.39, 0.29) is 0 Å². The van der Waals surface area contributed by atoms with Crippen molar-refractivity contribution >= 4 is 22.9 Å². The second kappa shape index (κ2) is 2.65. The Morgan fingerprint density at radius 3 is 2.80 bits per heavy atom. The molecular formula is C9H14N6. The number of hydrogen-bond acceptors (Lipinski definition) is 4. The van der Waals surface area contributed by atoms with Crippen LogP contribution in [-0.2, 0) is 7.05 Å². The van der Waals surface area contributed by atoms with Crippen LogP contribution in [0.4, 0.5) is 11.6 Å². The molecule has 0 saturated carbocycles. The standard InChI is InChI=1S/C9H14N6/c1-4-5-10-6-8(14(5)2)12-9-7(11-6)13-15(9)3/h5H,4H2,1-3H3,(H2,10,11,13). The minimum absolute atomic E-state index is 0.312. The lowest BCUT2D eigenvalue weighted by Crippen LogP contribution is -2.31. The Morgan fingerprint density at radius 1 is 1.33 bits per heavy atom. The molecule has 2 aromatic rings. The zero-order chi connectivity index (χ0) is 10.6. The number of aromatic amines is 1. The molecule has 2 aromatic heterocycles. The molecule has 2 N–H and O–H groups in total. The highest BCUT2D eigenvalue weighted by Crippen LogP contribution is 2.32. The summed E-state index contributed by atoms with van der Waals surface area (Å²) < 4.78 is 1.87. The van der Waals surface area contributed by atoms with Crippen LogP contribution < -0.4 is 10.2 Å². The molecule has 0 fully saturated rings. The van der Waals surface area contributed by atoms with Gasteiger partial charge in [-0.15, -0.1) is 0 Å². The Labute approximate surface area is 87.3 Å². The Bertz CT molecular complexity index is 510. The number of hydrogen-bond donors (Lipinski definition) is 2. The van der Waals surface area contributed by atoms with Gasteiger partial charge in [0.1, 0.15) is 6.17 Å². The Kier molecular flexibility index (Phi) is 1.52. The summed E-state index contributed by atoms with van der Waals surface area (Å²) in [5, 5.41) is 6.41. The summed E-state index contributed by atoms with van der Waals surface area (Å²) in [6, 6.07) is 0. The van der Waals surface area contributed by atoms with E-state index >= 15 is 0 Å². The number of anilines is 2. The Morgan fingerprint density at radius 2 is 2.13 bits per heavy atom. The highest BCUT2D eigenvalue weighted by atomic mass is 15.4. The van der Waals surface area contributed by atoms with Gasteiger partial charge in [0.05, 0.1) is 0 Å². The van der Waals surface area contributed by atoms with Crippen molar-refractivity contribution in [2.75, 3.05) is 17.3 Å². The van der Waals surface area contributed by atoms with Crippen molar-refractivity contribution in [1.29, 1.82) is 0 Å². The van der Waals surface area contributed by atoms with Crippen LogP contribution in [0.25, 0.3) is 11.3 Å². The molecule has 80 valence electrons. The van der Waals surface area contributed by atoms with Crippen LogP contribution in [0.2, 0.25) is 0 Å². The van der Waals surface area contributed by atoms with E-state index in [2.05, 4.69) is 32.2 Å². The summed E-state index contributed by atoms with van der Waals surface area (Å²) in [5.41, 5.74) is 1.77. The SMILES string of the molecule is CCC1Nc2nc3[nH]n(C)c3nc2N1C. The normalized spacial score (nSPS) is 19.7. The summed E-state index contributed by atoms with van der Waals surface area (Å²) in [6.45, 7) is 2.14. The maximum absolute atomic E-state index is 4.56. The van der Waals surface area contributed by atoms with Gasteiger partial charge < -0.3 is 10.2 Å². The summed E-state index contributed by atoms with van der Waals surface area (Å²) in [4.78, 5) is 11.2. The first-order valence-electron chi connectivity index (χ1n) is 5.12. The molecule has 0 saturated heterocycles. The van der Waals surface area contributed by atoms with Crippen LogP contribution >= 0.6 is 0 Å². The smallest absolute Gasteiger partial charge is 0.194 e. The van der Waals surface area contributed by atoms with E-state index in [1.165, 1.54) is 0 Å². The molecule has 0 amide bonds. The number of nitrogens with zero attached hydrogens (tertiary/aromatic N) is 4. The van der Waals surface area contributed by atoms with Crippen molar-refractivity contribution in [3.05, 3.63) is 0 Å². The van der Waals surface area contributed by atoms with E-state index in [4.69, 9.17) is 0 Å². The molecule has 15 heavy (non-hydrogen) atoms. The molecule has 0 aliphatic carbocycles. The van der Waals surface area contributed by atoms with E-state index in [9.17, 15) is 0 Å². The van der Waals surface area contributed by atoms with Gasteiger partial charge in [-0.3, -0.25) is 9.78 Å². The molecule has 1 atom stereocenters. The van der Waals surface area contributed by atoms with E-state index in [1.807, 2.05) is 18.8 Å². The molecular weight excluding hydrogens is 192 g/mol. The zero-order valence-electron chi connectivity index (χ0n) is 9.07. The topological polar surface area (TPSA) is 61.8 Å². The van der Waals surface area contributed by atoms with Gasteiger partial charge in [-0.2, -0.15) is 0 Å². The molecule has 0 aromatic carbocycles.